The lowest BCUT2D eigenvalue weighted by molar-refractivity contribution is 0.618. The van der Waals surface area contributed by atoms with E-state index in [0.717, 1.165) is 11.1 Å². The summed E-state index contributed by atoms with van der Waals surface area (Å²) in [4.78, 5) is 0. The molecule has 1 radical (unpaired) electrons. The highest BCUT2D eigenvalue weighted by atomic mass is 19.1. The molecule has 1 atom stereocenters. The van der Waals surface area contributed by atoms with Gasteiger partial charge in [-0.1, -0.05) is 6.07 Å². The molecule has 0 bridgehead atoms. The van der Waals surface area contributed by atoms with Crippen LogP contribution in [-0.4, -0.2) is 0 Å². The molecule has 0 spiro atoms. The van der Waals surface area contributed by atoms with Crippen molar-refractivity contribution in [2.45, 2.75) is 13.0 Å². The molecule has 12 heavy (non-hydrogen) atoms. The molecule has 1 aromatic carbocycles. The Balaban J connectivity index is 2.55. The highest BCUT2D eigenvalue weighted by Crippen LogP contribution is 2.22. The van der Waals surface area contributed by atoms with Crippen molar-refractivity contribution in [1.29, 1.82) is 0 Å². The lowest BCUT2D eigenvalue weighted by Crippen LogP contribution is -2.16. The second-order valence-electron chi connectivity index (χ2n) is 2.90. The molecule has 2 rings (SSSR count). The number of halogens is 1. The molecule has 0 aliphatic carbocycles. The molecular formula is C10H9FN. The maximum atomic E-state index is 12.7. The van der Waals surface area contributed by atoms with E-state index in [0.29, 0.717) is 0 Å². The van der Waals surface area contributed by atoms with Crippen LogP contribution in [0.25, 0.3) is 6.08 Å². The summed E-state index contributed by atoms with van der Waals surface area (Å²) in [6.07, 6.45) is 3.65. The van der Waals surface area contributed by atoms with Crippen molar-refractivity contribution in [2.24, 2.45) is 0 Å². The minimum atomic E-state index is -0.299. The Kier molecular flexibility index (Phi) is 1.61. The molecule has 2 heteroatoms. The summed E-state index contributed by atoms with van der Waals surface area (Å²) in [7, 11) is 0. The van der Waals surface area contributed by atoms with Gasteiger partial charge in [-0.3, -0.25) is 0 Å². The number of benzene rings is 1. The van der Waals surface area contributed by atoms with Crippen molar-refractivity contribution < 1.29 is 4.39 Å². The van der Waals surface area contributed by atoms with Gasteiger partial charge in [0.25, 0.3) is 0 Å². The van der Waals surface area contributed by atoms with Crippen molar-refractivity contribution in [3.8, 4) is 0 Å². The van der Waals surface area contributed by atoms with E-state index >= 15 is 0 Å². The Labute approximate surface area is 70.9 Å². The van der Waals surface area contributed by atoms with Crippen LogP contribution in [0.4, 0.5) is 4.39 Å². The second kappa shape index (κ2) is 2.63. The predicted molar refractivity (Wildman–Crippen MR) is 45.8 cm³/mol. The van der Waals surface area contributed by atoms with E-state index in [2.05, 4.69) is 11.4 Å². The summed E-state index contributed by atoms with van der Waals surface area (Å²) in [6.45, 7) is 2.04. The van der Waals surface area contributed by atoms with Gasteiger partial charge in [0.15, 0.2) is 0 Å². The molecule has 1 aliphatic heterocycles. The molecular weight excluding hydrogens is 153 g/mol. The lowest BCUT2D eigenvalue weighted by atomic mass is 9.99. The number of rotatable bonds is 0. The summed E-state index contributed by atoms with van der Waals surface area (Å²) in [5.41, 5.74) is 1.94. The average Bonchev–Trinajstić information content (AvgIpc) is 2.04. The first-order valence-electron chi connectivity index (χ1n) is 3.92. The molecule has 1 nitrogen and oxygen atoms in total. The average molecular weight is 162 g/mol. The third-order valence-corrected chi connectivity index (χ3v) is 2.04. The summed E-state index contributed by atoms with van der Waals surface area (Å²) in [6, 6.07) is 6.15. The second-order valence-corrected chi connectivity index (χ2v) is 2.90. The predicted octanol–water partition coefficient (Wildman–Crippen LogP) is 2.26. The fourth-order valence-electron chi connectivity index (χ4n) is 1.38. The van der Waals surface area contributed by atoms with Crippen LogP contribution >= 0.6 is 0 Å². The van der Waals surface area contributed by atoms with E-state index < -0.39 is 0 Å². The highest BCUT2D eigenvalue weighted by molar-refractivity contribution is 5.56. The van der Waals surface area contributed by atoms with Crippen LogP contribution in [0.5, 0.6) is 0 Å². The molecule has 0 fully saturated rings. The third kappa shape index (κ3) is 1.09. The molecule has 1 aromatic rings. The van der Waals surface area contributed by atoms with E-state index in [1.807, 2.05) is 19.2 Å². The monoisotopic (exact) mass is 162 g/mol. The minimum Gasteiger partial charge on any atom is -0.384 e. The van der Waals surface area contributed by atoms with E-state index in [4.69, 9.17) is 0 Å². The van der Waals surface area contributed by atoms with Crippen molar-refractivity contribution in [3.63, 3.8) is 0 Å². The van der Waals surface area contributed by atoms with Crippen LogP contribution in [-0.2, 0) is 0 Å². The number of fused-ring (bicyclic) bond motifs is 1. The van der Waals surface area contributed by atoms with Gasteiger partial charge in [-0.25, -0.2) is 4.39 Å². The number of hydrogen-bond acceptors (Lipinski definition) is 1. The Morgan fingerprint density at radius 1 is 1.50 bits per heavy atom. The molecule has 1 unspecified atom stereocenters. The molecule has 0 amide bonds. The fraction of sp³-hybridized carbons (Fsp3) is 0.200. The van der Waals surface area contributed by atoms with Crippen LogP contribution < -0.4 is 5.32 Å². The topological polar surface area (TPSA) is 12.0 Å². The summed E-state index contributed by atoms with van der Waals surface area (Å²) in [5.74, 6) is -0.299. The third-order valence-electron chi connectivity index (χ3n) is 2.04. The van der Waals surface area contributed by atoms with E-state index in [-0.39, 0.29) is 11.9 Å². The molecule has 1 N–H and O–H groups in total. The van der Waals surface area contributed by atoms with Crippen molar-refractivity contribution in [2.75, 3.05) is 0 Å². The molecule has 0 saturated heterocycles. The summed E-state index contributed by atoms with van der Waals surface area (Å²) < 4.78 is 12.7. The standard InChI is InChI=1S/C10H9FN/c1-7-10-3-2-9(11)6-8(10)4-5-12-7/h2-5,7,12H,1H3. The van der Waals surface area contributed by atoms with Crippen LogP contribution in [0.3, 0.4) is 0 Å². The molecule has 1 heterocycles. The zero-order valence-electron chi connectivity index (χ0n) is 6.76. The maximum absolute atomic E-state index is 12.7. The number of hydrogen-bond donors (Lipinski definition) is 1. The van der Waals surface area contributed by atoms with Gasteiger partial charge in [0.2, 0.25) is 0 Å². The van der Waals surface area contributed by atoms with Gasteiger partial charge < -0.3 is 5.32 Å². The Bertz CT molecular complexity index is 331. The normalized spacial score (nSPS) is 20.0. The van der Waals surface area contributed by atoms with Crippen LogP contribution in [0, 0.1) is 11.9 Å². The van der Waals surface area contributed by atoms with Crippen LogP contribution in [0.1, 0.15) is 24.1 Å². The molecule has 61 valence electrons. The van der Waals surface area contributed by atoms with Gasteiger partial charge in [-0.2, -0.15) is 0 Å². The van der Waals surface area contributed by atoms with Gasteiger partial charge in [0.05, 0.1) is 0 Å². The zero-order valence-corrected chi connectivity index (χ0v) is 6.76. The Morgan fingerprint density at radius 3 is 3.17 bits per heavy atom. The van der Waals surface area contributed by atoms with E-state index in [9.17, 15) is 4.39 Å². The van der Waals surface area contributed by atoms with Crippen LogP contribution in [0.15, 0.2) is 18.3 Å². The van der Waals surface area contributed by atoms with E-state index in [1.165, 1.54) is 6.07 Å². The van der Waals surface area contributed by atoms with Crippen LogP contribution in [0.2, 0.25) is 0 Å². The summed E-state index contributed by atoms with van der Waals surface area (Å²) in [5, 5.41) is 3.13. The Hall–Kier alpha value is -1.31. The maximum Gasteiger partial charge on any atom is 0.131 e. The minimum absolute atomic E-state index is 0.252. The van der Waals surface area contributed by atoms with Crippen molar-refractivity contribution in [3.05, 3.63) is 41.3 Å². The number of nitrogens with one attached hydrogen (secondary N) is 1. The van der Waals surface area contributed by atoms with Gasteiger partial charge >= 0.3 is 0 Å². The first-order valence-corrected chi connectivity index (χ1v) is 3.92. The Morgan fingerprint density at radius 2 is 2.33 bits per heavy atom. The van der Waals surface area contributed by atoms with Gasteiger partial charge in [0.1, 0.15) is 5.82 Å². The smallest absolute Gasteiger partial charge is 0.131 e. The zero-order chi connectivity index (χ0) is 8.55. The first kappa shape index (κ1) is 7.35. The van der Waals surface area contributed by atoms with Crippen molar-refractivity contribution in [1.82, 2.24) is 5.32 Å². The largest absolute Gasteiger partial charge is 0.384 e. The SMILES string of the molecule is CC1NC=Cc2[c]c(F)ccc21. The first-order chi connectivity index (χ1) is 5.77. The molecule has 1 aliphatic rings. The van der Waals surface area contributed by atoms with Gasteiger partial charge in [0, 0.05) is 12.1 Å². The fourth-order valence-corrected chi connectivity index (χ4v) is 1.38. The van der Waals surface area contributed by atoms with Crippen molar-refractivity contribution >= 4 is 6.08 Å². The quantitative estimate of drug-likeness (QED) is 0.617. The highest BCUT2D eigenvalue weighted by Gasteiger charge is 2.11. The summed E-state index contributed by atoms with van der Waals surface area (Å²) >= 11 is 0. The lowest BCUT2D eigenvalue weighted by Gasteiger charge is -2.19. The van der Waals surface area contributed by atoms with Gasteiger partial charge in [-0.15, -0.1) is 0 Å². The van der Waals surface area contributed by atoms with E-state index in [1.54, 1.807) is 6.07 Å². The molecule has 0 aromatic heterocycles. The van der Waals surface area contributed by atoms with Gasteiger partial charge in [-0.05, 0) is 36.4 Å². The molecule has 0 saturated carbocycles.